The Hall–Kier alpha value is -1.10. The molecule has 0 aliphatic rings. The van der Waals surface area contributed by atoms with Crippen LogP contribution in [0.2, 0.25) is 0 Å². The summed E-state index contributed by atoms with van der Waals surface area (Å²) in [6.07, 6.45) is 1.68. The van der Waals surface area contributed by atoms with E-state index in [1.807, 2.05) is 11.9 Å². The maximum Gasteiger partial charge on any atom is 0.303 e. The third-order valence-corrected chi connectivity index (χ3v) is 2.08. The van der Waals surface area contributed by atoms with E-state index in [0.717, 1.165) is 13.0 Å². The van der Waals surface area contributed by atoms with Crippen molar-refractivity contribution in [2.45, 2.75) is 19.3 Å². The van der Waals surface area contributed by atoms with Crippen LogP contribution >= 0.6 is 0 Å². The minimum Gasteiger partial charge on any atom is -0.481 e. The molecular weight excluding hydrogens is 196 g/mol. The summed E-state index contributed by atoms with van der Waals surface area (Å²) < 4.78 is 0. The molecule has 15 heavy (non-hydrogen) atoms. The lowest BCUT2D eigenvalue weighted by Gasteiger charge is -2.18. The lowest BCUT2D eigenvalue weighted by atomic mass is 10.2. The molecule has 0 spiro atoms. The average molecular weight is 216 g/mol. The fourth-order valence-corrected chi connectivity index (χ4v) is 1.11. The molecule has 88 valence electrons. The number of amides is 1. The van der Waals surface area contributed by atoms with Crippen molar-refractivity contribution in [3.63, 3.8) is 0 Å². The molecule has 5 nitrogen and oxygen atoms in total. The number of likely N-dealkylation sites (N-methyl/N-ethyl adjacent to an activating group) is 2. The van der Waals surface area contributed by atoms with Crippen molar-refractivity contribution >= 4 is 11.9 Å². The fraction of sp³-hybridized carbons (Fsp3) is 0.800. The van der Waals surface area contributed by atoms with Gasteiger partial charge < -0.3 is 10.0 Å². The quantitative estimate of drug-likeness (QED) is 0.620. The summed E-state index contributed by atoms with van der Waals surface area (Å²) in [5.74, 6) is -0.697. The molecule has 0 aromatic heterocycles. The highest BCUT2D eigenvalue weighted by Gasteiger charge is 2.07. The van der Waals surface area contributed by atoms with Gasteiger partial charge in [0.05, 0.1) is 6.54 Å². The highest BCUT2D eigenvalue weighted by molar-refractivity contribution is 5.77. The first-order chi connectivity index (χ1) is 6.93. The Labute approximate surface area is 90.7 Å². The standard InChI is InChI=1S/C10H20N2O3/c1-11(2)9(13)8-12(3)7-5-4-6-10(14)15/h4-8H2,1-3H3,(H,14,15). The number of carboxylic acid groups (broad SMARTS) is 1. The molecule has 5 heteroatoms. The lowest BCUT2D eigenvalue weighted by Crippen LogP contribution is -2.34. The van der Waals surface area contributed by atoms with Crippen molar-refractivity contribution in [2.75, 3.05) is 34.2 Å². The van der Waals surface area contributed by atoms with Crippen molar-refractivity contribution in [2.24, 2.45) is 0 Å². The lowest BCUT2D eigenvalue weighted by molar-refractivity contribution is -0.137. The highest BCUT2D eigenvalue weighted by atomic mass is 16.4. The predicted molar refractivity (Wildman–Crippen MR) is 57.7 cm³/mol. The van der Waals surface area contributed by atoms with E-state index in [4.69, 9.17) is 5.11 Å². The van der Waals surface area contributed by atoms with Gasteiger partial charge in [0.25, 0.3) is 0 Å². The molecule has 0 aromatic carbocycles. The summed E-state index contributed by atoms with van der Waals surface area (Å²) in [7, 11) is 5.31. The zero-order valence-electron chi connectivity index (χ0n) is 9.69. The van der Waals surface area contributed by atoms with Crippen LogP contribution in [0, 0.1) is 0 Å². The second-order valence-electron chi connectivity index (χ2n) is 3.88. The minimum atomic E-state index is -0.762. The van der Waals surface area contributed by atoms with Gasteiger partial charge in [-0.15, -0.1) is 0 Å². The molecule has 0 rings (SSSR count). The largest absolute Gasteiger partial charge is 0.481 e. The molecule has 0 saturated heterocycles. The van der Waals surface area contributed by atoms with E-state index in [2.05, 4.69) is 0 Å². The number of aliphatic carboxylic acids is 1. The molecule has 0 fully saturated rings. The SMILES string of the molecule is CN(CCCCC(=O)O)CC(=O)N(C)C. The number of carbonyl (C=O) groups is 2. The third kappa shape index (κ3) is 7.93. The summed E-state index contributed by atoms with van der Waals surface area (Å²) >= 11 is 0. The van der Waals surface area contributed by atoms with Crippen molar-refractivity contribution in [3.05, 3.63) is 0 Å². The summed E-state index contributed by atoms with van der Waals surface area (Å²) in [5.41, 5.74) is 0. The first-order valence-electron chi connectivity index (χ1n) is 5.04. The van der Waals surface area contributed by atoms with Crippen LogP contribution in [0.25, 0.3) is 0 Å². The van der Waals surface area contributed by atoms with Crippen LogP contribution in [-0.2, 0) is 9.59 Å². The summed E-state index contributed by atoms with van der Waals surface area (Å²) in [6.45, 7) is 1.15. The van der Waals surface area contributed by atoms with Gasteiger partial charge in [-0.3, -0.25) is 14.5 Å². The Morgan fingerprint density at radius 3 is 2.20 bits per heavy atom. The Morgan fingerprint density at radius 1 is 1.13 bits per heavy atom. The van der Waals surface area contributed by atoms with Gasteiger partial charge in [0.1, 0.15) is 0 Å². The van der Waals surface area contributed by atoms with Gasteiger partial charge in [-0.2, -0.15) is 0 Å². The third-order valence-electron chi connectivity index (χ3n) is 2.08. The number of hydrogen-bond acceptors (Lipinski definition) is 3. The zero-order chi connectivity index (χ0) is 11.8. The zero-order valence-corrected chi connectivity index (χ0v) is 9.69. The fourth-order valence-electron chi connectivity index (χ4n) is 1.11. The molecule has 0 aromatic rings. The van der Waals surface area contributed by atoms with Crippen molar-refractivity contribution in [3.8, 4) is 0 Å². The molecule has 0 saturated carbocycles. The van der Waals surface area contributed by atoms with Gasteiger partial charge in [-0.05, 0) is 26.4 Å². The monoisotopic (exact) mass is 216 g/mol. The Kier molecular flexibility index (Phi) is 6.70. The van der Waals surface area contributed by atoms with E-state index in [9.17, 15) is 9.59 Å². The molecule has 0 unspecified atom stereocenters. The van der Waals surface area contributed by atoms with Gasteiger partial charge in [-0.1, -0.05) is 0 Å². The summed E-state index contributed by atoms with van der Waals surface area (Å²) in [4.78, 5) is 25.0. The molecule has 0 aliphatic carbocycles. The second kappa shape index (κ2) is 7.23. The summed E-state index contributed by atoms with van der Waals surface area (Å²) in [6, 6.07) is 0. The van der Waals surface area contributed by atoms with Crippen LogP contribution in [0.1, 0.15) is 19.3 Å². The normalized spacial score (nSPS) is 10.4. The van der Waals surface area contributed by atoms with E-state index >= 15 is 0 Å². The average Bonchev–Trinajstić information content (AvgIpc) is 2.12. The topological polar surface area (TPSA) is 60.9 Å². The Bertz CT molecular complexity index is 217. The van der Waals surface area contributed by atoms with Crippen molar-refractivity contribution in [1.29, 1.82) is 0 Å². The van der Waals surface area contributed by atoms with Gasteiger partial charge in [0, 0.05) is 20.5 Å². The predicted octanol–water partition coefficient (Wildman–Crippen LogP) is 0.261. The van der Waals surface area contributed by atoms with Crippen LogP contribution in [-0.4, -0.2) is 61.0 Å². The maximum absolute atomic E-state index is 11.3. The first-order valence-corrected chi connectivity index (χ1v) is 5.04. The number of carbonyl (C=O) groups excluding carboxylic acids is 1. The second-order valence-corrected chi connectivity index (χ2v) is 3.88. The number of carboxylic acids is 1. The first kappa shape index (κ1) is 13.9. The Balaban J connectivity index is 3.53. The van der Waals surface area contributed by atoms with Gasteiger partial charge in [0.15, 0.2) is 0 Å². The molecule has 0 heterocycles. The van der Waals surface area contributed by atoms with Crippen LogP contribution in [0.5, 0.6) is 0 Å². The van der Waals surface area contributed by atoms with Crippen LogP contribution in [0.15, 0.2) is 0 Å². The molecular formula is C10H20N2O3. The van der Waals surface area contributed by atoms with E-state index in [1.54, 1.807) is 19.0 Å². The Morgan fingerprint density at radius 2 is 1.73 bits per heavy atom. The molecule has 0 radical (unpaired) electrons. The molecule has 1 amide bonds. The minimum absolute atomic E-state index is 0.0655. The molecule has 0 atom stereocenters. The van der Waals surface area contributed by atoms with Crippen LogP contribution in [0.4, 0.5) is 0 Å². The number of unbranched alkanes of at least 4 members (excludes halogenated alkanes) is 1. The number of rotatable bonds is 7. The van der Waals surface area contributed by atoms with Gasteiger partial charge >= 0.3 is 5.97 Å². The molecule has 1 N–H and O–H groups in total. The van der Waals surface area contributed by atoms with Crippen LogP contribution < -0.4 is 0 Å². The van der Waals surface area contributed by atoms with Gasteiger partial charge in [-0.25, -0.2) is 0 Å². The number of hydrogen-bond donors (Lipinski definition) is 1. The number of nitrogens with zero attached hydrogens (tertiary/aromatic N) is 2. The smallest absolute Gasteiger partial charge is 0.303 e. The van der Waals surface area contributed by atoms with Gasteiger partial charge in [0.2, 0.25) is 5.91 Å². The van der Waals surface area contributed by atoms with E-state index in [1.165, 1.54) is 0 Å². The van der Waals surface area contributed by atoms with E-state index < -0.39 is 5.97 Å². The van der Waals surface area contributed by atoms with Crippen molar-refractivity contribution < 1.29 is 14.7 Å². The van der Waals surface area contributed by atoms with E-state index in [-0.39, 0.29) is 12.3 Å². The molecule has 0 bridgehead atoms. The molecule has 0 aliphatic heterocycles. The summed E-state index contributed by atoms with van der Waals surface area (Å²) in [5, 5.41) is 8.42. The maximum atomic E-state index is 11.3. The van der Waals surface area contributed by atoms with E-state index in [0.29, 0.717) is 13.0 Å². The van der Waals surface area contributed by atoms with Crippen molar-refractivity contribution in [1.82, 2.24) is 9.80 Å². The highest BCUT2D eigenvalue weighted by Crippen LogP contribution is 1.97. The van der Waals surface area contributed by atoms with Crippen LogP contribution in [0.3, 0.4) is 0 Å².